The van der Waals surface area contributed by atoms with Gasteiger partial charge in [-0.15, -0.1) is 0 Å². The van der Waals surface area contributed by atoms with Gasteiger partial charge in [-0.05, 0) is 111 Å². The number of pyridine rings is 1. The molecule has 0 aliphatic rings. The molecule has 0 fully saturated rings. The molecule has 0 spiro atoms. The molecule has 286 valence electrons. The van der Waals surface area contributed by atoms with Gasteiger partial charge in [-0.3, -0.25) is 4.98 Å². The van der Waals surface area contributed by atoms with Gasteiger partial charge in [0.2, 0.25) is 0 Å². The standard InChI is InChI=1S/C58H34N4/c1-2-9-41(10-3-1)56-60-57(62-58(61-56)46-31-43-11-4-5-18-51(43)59-34-46)42-28-23-36(24-29-42)35-19-21-37(22-20-35)45-32-44-30-27-40-13-7-16-48-47-15-6-12-38-25-26-39-14-8-17-49(54(39)52(38)47)50(33-45)55(44)53(40)48/h1-34H. The van der Waals surface area contributed by atoms with E-state index in [1.54, 1.807) is 0 Å². The average Bonchev–Trinajstić information content (AvgIpc) is 3.35. The second kappa shape index (κ2) is 13.6. The Kier molecular flexibility index (Phi) is 7.57. The first-order valence-corrected chi connectivity index (χ1v) is 21.0. The highest BCUT2D eigenvalue weighted by molar-refractivity contribution is 6.37. The largest absolute Gasteiger partial charge is 0.255 e. The molecule has 0 radical (unpaired) electrons. The van der Waals surface area contributed by atoms with E-state index in [1.165, 1.54) is 75.8 Å². The molecular weight excluding hydrogens is 753 g/mol. The number of hydrogen-bond donors (Lipinski definition) is 0. The fourth-order valence-electron chi connectivity index (χ4n) is 9.66. The lowest BCUT2D eigenvalue weighted by Gasteiger charge is -2.17. The van der Waals surface area contributed by atoms with Gasteiger partial charge in [0, 0.05) is 28.3 Å². The van der Waals surface area contributed by atoms with Crippen molar-refractivity contribution >= 4 is 75.5 Å². The van der Waals surface area contributed by atoms with Gasteiger partial charge in [0.15, 0.2) is 17.5 Å². The summed E-state index contributed by atoms with van der Waals surface area (Å²) in [4.78, 5) is 19.6. The van der Waals surface area contributed by atoms with E-state index in [0.29, 0.717) is 17.5 Å². The molecule has 13 rings (SSSR count). The second-order valence-electron chi connectivity index (χ2n) is 16.2. The van der Waals surface area contributed by atoms with Crippen LogP contribution >= 0.6 is 0 Å². The number of aromatic nitrogens is 4. The zero-order valence-electron chi connectivity index (χ0n) is 33.4. The molecule has 0 amide bonds. The van der Waals surface area contributed by atoms with E-state index in [1.807, 2.05) is 54.7 Å². The van der Waals surface area contributed by atoms with Crippen molar-refractivity contribution in [2.24, 2.45) is 0 Å². The third kappa shape index (κ3) is 5.47. The molecule has 0 aliphatic carbocycles. The van der Waals surface area contributed by atoms with Gasteiger partial charge < -0.3 is 0 Å². The lowest BCUT2D eigenvalue weighted by atomic mass is 9.86. The van der Waals surface area contributed by atoms with Crippen LogP contribution in [-0.4, -0.2) is 19.9 Å². The third-order valence-electron chi connectivity index (χ3n) is 12.6. The number of para-hydroxylation sites is 1. The first kappa shape index (κ1) is 34.5. The van der Waals surface area contributed by atoms with Gasteiger partial charge in [-0.2, -0.15) is 0 Å². The van der Waals surface area contributed by atoms with E-state index >= 15 is 0 Å². The SMILES string of the molecule is c1ccc(-c2nc(-c3ccc(-c4ccc(-c5cc6ccc7cccc8c9cccc%10ccc%11cccc(c(c5)c6c78)c%11c%109)cc4)cc3)nc(-c3cnc4ccccc4c3)n2)cc1. The van der Waals surface area contributed by atoms with Crippen LogP contribution in [0.3, 0.4) is 0 Å². The van der Waals surface area contributed by atoms with Gasteiger partial charge in [0.05, 0.1) is 5.52 Å². The van der Waals surface area contributed by atoms with Gasteiger partial charge in [0.1, 0.15) is 0 Å². The fraction of sp³-hybridized carbons (Fsp3) is 0. The van der Waals surface area contributed by atoms with E-state index in [-0.39, 0.29) is 0 Å². The molecule has 11 aromatic carbocycles. The molecule has 0 saturated carbocycles. The van der Waals surface area contributed by atoms with Gasteiger partial charge >= 0.3 is 0 Å². The van der Waals surface area contributed by atoms with Crippen LogP contribution < -0.4 is 0 Å². The Balaban J connectivity index is 0.906. The molecule has 2 aromatic heterocycles. The highest BCUT2D eigenvalue weighted by Gasteiger charge is 2.17. The lowest BCUT2D eigenvalue weighted by Crippen LogP contribution is -2.00. The molecule has 62 heavy (non-hydrogen) atoms. The number of hydrogen-bond acceptors (Lipinski definition) is 4. The molecular formula is C58H34N4. The molecule has 0 bridgehead atoms. The first-order chi connectivity index (χ1) is 30.7. The number of rotatable bonds is 5. The summed E-state index contributed by atoms with van der Waals surface area (Å²) in [7, 11) is 0. The summed E-state index contributed by atoms with van der Waals surface area (Å²) in [5.74, 6) is 1.83. The molecule has 0 aliphatic heterocycles. The topological polar surface area (TPSA) is 51.6 Å². The van der Waals surface area contributed by atoms with Crippen molar-refractivity contribution < 1.29 is 0 Å². The minimum atomic E-state index is 0.591. The van der Waals surface area contributed by atoms with Crippen LogP contribution in [0.15, 0.2) is 206 Å². The predicted octanol–water partition coefficient (Wildman–Crippen LogP) is 15.1. The Morgan fingerprint density at radius 1 is 0.242 bits per heavy atom. The maximum absolute atomic E-state index is 4.99. The van der Waals surface area contributed by atoms with Crippen molar-refractivity contribution in [3.63, 3.8) is 0 Å². The van der Waals surface area contributed by atoms with Crippen LogP contribution in [0.4, 0.5) is 0 Å². The van der Waals surface area contributed by atoms with E-state index in [4.69, 9.17) is 19.9 Å². The van der Waals surface area contributed by atoms with Crippen molar-refractivity contribution in [2.75, 3.05) is 0 Å². The smallest absolute Gasteiger partial charge is 0.165 e. The summed E-state index contributed by atoms with van der Waals surface area (Å²) < 4.78 is 0. The van der Waals surface area contributed by atoms with Crippen LogP contribution in [0.25, 0.3) is 132 Å². The van der Waals surface area contributed by atoms with Crippen molar-refractivity contribution in [3.8, 4) is 56.4 Å². The molecule has 0 unspecified atom stereocenters. The Hall–Kier alpha value is -8.34. The molecule has 4 nitrogen and oxygen atoms in total. The summed E-state index contributed by atoms with van der Waals surface area (Å²) in [5.41, 5.74) is 8.27. The summed E-state index contributed by atoms with van der Waals surface area (Å²) in [6.07, 6.45) is 1.84. The Bertz CT molecular complexity index is 3890. The summed E-state index contributed by atoms with van der Waals surface area (Å²) in [6.45, 7) is 0. The normalized spacial score (nSPS) is 11.9. The molecule has 4 heteroatoms. The van der Waals surface area contributed by atoms with E-state index in [2.05, 4.69) is 152 Å². The summed E-state index contributed by atoms with van der Waals surface area (Å²) >= 11 is 0. The Labute approximate surface area is 356 Å². The minimum absolute atomic E-state index is 0.591. The van der Waals surface area contributed by atoms with Crippen LogP contribution in [0.5, 0.6) is 0 Å². The molecule has 0 atom stereocenters. The predicted molar refractivity (Wildman–Crippen MR) is 259 cm³/mol. The monoisotopic (exact) mass is 786 g/mol. The maximum atomic E-state index is 4.99. The molecule has 0 N–H and O–H groups in total. The highest BCUT2D eigenvalue weighted by Crippen LogP contribution is 2.44. The average molecular weight is 787 g/mol. The zero-order chi connectivity index (χ0) is 40.7. The van der Waals surface area contributed by atoms with E-state index < -0.39 is 0 Å². The zero-order valence-corrected chi connectivity index (χ0v) is 33.4. The van der Waals surface area contributed by atoms with Crippen LogP contribution in [-0.2, 0) is 0 Å². The van der Waals surface area contributed by atoms with Crippen LogP contribution in [0, 0.1) is 0 Å². The Morgan fingerprint density at radius 2 is 0.661 bits per heavy atom. The molecule has 0 saturated heterocycles. The number of fused-ring (bicyclic) bond motifs is 3. The fourth-order valence-corrected chi connectivity index (χ4v) is 9.66. The second-order valence-corrected chi connectivity index (χ2v) is 16.2. The van der Waals surface area contributed by atoms with Crippen LogP contribution in [0.2, 0.25) is 0 Å². The van der Waals surface area contributed by atoms with Crippen molar-refractivity contribution in [1.29, 1.82) is 0 Å². The Morgan fingerprint density at radius 3 is 1.26 bits per heavy atom. The molecule has 2 heterocycles. The van der Waals surface area contributed by atoms with Crippen molar-refractivity contribution in [2.45, 2.75) is 0 Å². The molecule has 13 aromatic rings. The quantitative estimate of drug-likeness (QED) is 0.163. The summed E-state index contributed by atoms with van der Waals surface area (Å²) in [6, 6.07) is 72.0. The maximum Gasteiger partial charge on any atom is 0.165 e. The number of nitrogens with zero attached hydrogens (tertiary/aromatic N) is 4. The van der Waals surface area contributed by atoms with Gasteiger partial charge in [-0.1, -0.05) is 176 Å². The van der Waals surface area contributed by atoms with Gasteiger partial charge in [-0.25, -0.2) is 15.0 Å². The lowest BCUT2D eigenvalue weighted by molar-refractivity contribution is 1.07. The van der Waals surface area contributed by atoms with Crippen molar-refractivity contribution in [3.05, 3.63) is 206 Å². The highest BCUT2D eigenvalue weighted by atomic mass is 15.0. The van der Waals surface area contributed by atoms with E-state index in [0.717, 1.165) is 38.7 Å². The number of benzene rings is 10. The minimum Gasteiger partial charge on any atom is -0.255 e. The van der Waals surface area contributed by atoms with Crippen molar-refractivity contribution in [1.82, 2.24) is 19.9 Å². The third-order valence-corrected chi connectivity index (χ3v) is 12.6. The summed E-state index contributed by atoms with van der Waals surface area (Å²) in [5, 5.41) is 16.5. The first-order valence-electron chi connectivity index (χ1n) is 21.0. The van der Waals surface area contributed by atoms with Gasteiger partial charge in [0.25, 0.3) is 0 Å². The van der Waals surface area contributed by atoms with Crippen LogP contribution in [0.1, 0.15) is 0 Å². The van der Waals surface area contributed by atoms with E-state index in [9.17, 15) is 0 Å².